The first kappa shape index (κ1) is 26.2. The molecule has 0 spiro atoms. The van der Waals surface area contributed by atoms with Gasteiger partial charge in [0.2, 0.25) is 0 Å². The summed E-state index contributed by atoms with van der Waals surface area (Å²) in [4.78, 5) is 24.1. The van der Waals surface area contributed by atoms with Gasteiger partial charge in [-0.15, -0.1) is 0 Å². The third kappa shape index (κ3) is 11.4. The first-order valence-corrected chi connectivity index (χ1v) is 12.2. The van der Waals surface area contributed by atoms with E-state index in [0.29, 0.717) is 24.3 Å². The highest BCUT2D eigenvalue weighted by Crippen LogP contribution is 2.33. The molecule has 0 N–H and O–H groups in total. The van der Waals surface area contributed by atoms with Crippen molar-refractivity contribution in [3.05, 3.63) is 23.8 Å². The number of esters is 2. The Balaban J connectivity index is 2.56. The molecule has 0 radical (unpaired) electrons. The fraction of sp³-hybridized carbons (Fsp3) is 0.692. The summed E-state index contributed by atoms with van der Waals surface area (Å²) in [7, 11) is 0. The molecule has 0 amide bonds. The highest BCUT2D eigenvalue weighted by molar-refractivity contribution is 5.76. The number of ether oxygens (including phenoxy) is 2. The van der Waals surface area contributed by atoms with E-state index in [9.17, 15) is 9.59 Å². The molecule has 0 saturated heterocycles. The molecular weight excluding hydrogens is 376 g/mol. The lowest BCUT2D eigenvalue weighted by atomic mass is 10.0. The lowest BCUT2D eigenvalue weighted by molar-refractivity contribution is -0.137. The number of carbonyl (C=O) groups is 2. The zero-order valence-electron chi connectivity index (χ0n) is 19.5. The van der Waals surface area contributed by atoms with Crippen molar-refractivity contribution in [3.63, 3.8) is 0 Å². The summed E-state index contributed by atoms with van der Waals surface area (Å²) in [5.41, 5.74) is 0.945. The molecule has 0 aliphatic heterocycles. The van der Waals surface area contributed by atoms with E-state index in [-0.39, 0.29) is 11.9 Å². The van der Waals surface area contributed by atoms with Crippen LogP contribution in [-0.2, 0) is 16.0 Å². The summed E-state index contributed by atoms with van der Waals surface area (Å²) >= 11 is 0. The zero-order valence-corrected chi connectivity index (χ0v) is 19.5. The van der Waals surface area contributed by atoms with E-state index in [1.807, 2.05) is 26.0 Å². The maximum Gasteiger partial charge on any atom is 0.311 e. The van der Waals surface area contributed by atoms with Crippen LogP contribution < -0.4 is 9.47 Å². The van der Waals surface area contributed by atoms with Crippen LogP contribution in [0.3, 0.4) is 0 Å². The highest BCUT2D eigenvalue weighted by atomic mass is 16.6. The Hall–Kier alpha value is -1.84. The molecule has 30 heavy (non-hydrogen) atoms. The van der Waals surface area contributed by atoms with Gasteiger partial charge in [-0.2, -0.15) is 0 Å². The average Bonchev–Trinajstić information content (AvgIpc) is 2.71. The minimum Gasteiger partial charge on any atom is -0.423 e. The fourth-order valence-electron chi connectivity index (χ4n) is 3.50. The smallest absolute Gasteiger partial charge is 0.311 e. The van der Waals surface area contributed by atoms with E-state index in [1.165, 1.54) is 51.4 Å². The number of rotatable bonds is 17. The molecule has 1 rings (SSSR count). The summed E-state index contributed by atoms with van der Waals surface area (Å²) < 4.78 is 11.1. The van der Waals surface area contributed by atoms with Crippen molar-refractivity contribution in [1.29, 1.82) is 0 Å². The molecule has 0 atom stereocenters. The molecule has 0 aromatic heterocycles. The maximum atomic E-state index is 12.1. The Morgan fingerprint density at radius 1 is 0.667 bits per heavy atom. The summed E-state index contributed by atoms with van der Waals surface area (Å²) in [5.74, 6) is 0.223. The van der Waals surface area contributed by atoms with Crippen LogP contribution in [0, 0.1) is 0 Å². The topological polar surface area (TPSA) is 52.6 Å². The van der Waals surface area contributed by atoms with Crippen molar-refractivity contribution in [2.75, 3.05) is 0 Å². The van der Waals surface area contributed by atoms with Crippen molar-refractivity contribution < 1.29 is 19.1 Å². The Morgan fingerprint density at radius 2 is 1.20 bits per heavy atom. The molecule has 0 aliphatic rings. The third-order valence-electron chi connectivity index (χ3n) is 5.21. The van der Waals surface area contributed by atoms with Gasteiger partial charge < -0.3 is 9.47 Å². The second-order valence-electron chi connectivity index (χ2n) is 8.12. The number of unbranched alkanes of at least 4 members (excludes halogenated alkanes) is 9. The number of hydrogen-bond acceptors (Lipinski definition) is 4. The molecule has 0 saturated carbocycles. The van der Waals surface area contributed by atoms with Crippen LogP contribution in [0.2, 0.25) is 0 Å². The Bertz CT molecular complexity index is 609. The Kier molecular flexibility index (Phi) is 14.8. The molecule has 0 heterocycles. The van der Waals surface area contributed by atoms with E-state index in [0.717, 1.165) is 37.7 Å². The van der Waals surface area contributed by atoms with Crippen molar-refractivity contribution in [2.24, 2.45) is 0 Å². The van der Waals surface area contributed by atoms with Gasteiger partial charge >= 0.3 is 11.9 Å². The molecule has 4 heteroatoms. The monoisotopic (exact) mass is 418 g/mol. The number of para-hydroxylation sites is 1. The fourth-order valence-corrected chi connectivity index (χ4v) is 3.50. The number of hydrogen-bond donors (Lipinski definition) is 0. The minimum atomic E-state index is -0.290. The highest BCUT2D eigenvalue weighted by Gasteiger charge is 2.17. The number of carbonyl (C=O) groups excluding carboxylic acids is 2. The minimum absolute atomic E-state index is 0.277. The van der Waals surface area contributed by atoms with Gasteiger partial charge in [-0.3, -0.25) is 9.59 Å². The lowest BCUT2D eigenvalue weighted by Gasteiger charge is -2.14. The first-order chi connectivity index (χ1) is 14.6. The predicted octanol–water partition coefficient (Wildman–Crippen LogP) is 7.56. The predicted molar refractivity (Wildman–Crippen MR) is 123 cm³/mol. The van der Waals surface area contributed by atoms with Crippen molar-refractivity contribution in [3.8, 4) is 11.5 Å². The summed E-state index contributed by atoms with van der Waals surface area (Å²) in [5, 5.41) is 0. The average molecular weight is 419 g/mol. The lowest BCUT2D eigenvalue weighted by Crippen LogP contribution is -2.13. The van der Waals surface area contributed by atoms with Gasteiger partial charge in [0.1, 0.15) is 0 Å². The van der Waals surface area contributed by atoms with Gasteiger partial charge in [-0.05, 0) is 37.3 Å². The normalized spacial score (nSPS) is 10.8. The molecule has 0 bridgehead atoms. The van der Waals surface area contributed by atoms with Gasteiger partial charge in [0.15, 0.2) is 11.5 Å². The maximum absolute atomic E-state index is 12.1. The standard InChI is InChI=1S/C26H42O4/c1-4-7-8-9-10-11-12-13-14-15-19-22-20-16-21-23(29-24(27)17-5-2)26(22)30-25(28)18-6-3/h16,20-21H,4-15,17-19H2,1-3H3. The van der Waals surface area contributed by atoms with E-state index >= 15 is 0 Å². The summed E-state index contributed by atoms with van der Waals surface area (Å²) in [6.07, 6.45) is 15.8. The Labute approximate surface area is 183 Å². The van der Waals surface area contributed by atoms with Crippen LogP contribution in [0.1, 0.15) is 116 Å². The van der Waals surface area contributed by atoms with Crippen molar-refractivity contribution >= 4 is 11.9 Å². The van der Waals surface area contributed by atoms with Crippen LogP contribution in [0.4, 0.5) is 0 Å². The quantitative estimate of drug-likeness (QED) is 0.149. The van der Waals surface area contributed by atoms with Gasteiger partial charge in [0.05, 0.1) is 0 Å². The van der Waals surface area contributed by atoms with Crippen molar-refractivity contribution in [2.45, 2.75) is 117 Å². The molecular formula is C26H42O4. The van der Waals surface area contributed by atoms with Gasteiger partial charge in [-0.25, -0.2) is 0 Å². The van der Waals surface area contributed by atoms with E-state index in [1.54, 1.807) is 6.07 Å². The summed E-state index contributed by atoms with van der Waals surface area (Å²) in [6.45, 7) is 6.13. The zero-order chi connectivity index (χ0) is 22.0. The molecule has 170 valence electrons. The molecule has 0 unspecified atom stereocenters. The largest absolute Gasteiger partial charge is 0.423 e. The summed E-state index contributed by atoms with van der Waals surface area (Å²) in [6, 6.07) is 5.56. The molecule has 4 nitrogen and oxygen atoms in total. The molecule has 1 aromatic carbocycles. The second-order valence-corrected chi connectivity index (χ2v) is 8.12. The Morgan fingerprint density at radius 3 is 1.77 bits per heavy atom. The van der Waals surface area contributed by atoms with E-state index < -0.39 is 0 Å². The molecule has 0 fully saturated rings. The van der Waals surface area contributed by atoms with E-state index in [2.05, 4.69) is 6.92 Å². The van der Waals surface area contributed by atoms with Crippen LogP contribution in [-0.4, -0.2) is 11.9 Å². The van der Waals surface area contributed by atoms with Gasteiger partial charge in [0, 0.05) is 12.8 Å². The first-order valence-electron chi connectivity index (χ1n) is 12.2. The van der Waals surface area contributed by atoms with Gasteiger partial charge in [0.25, 0.3) is 0 Å². The van der Waals surface area contributed by atoms with Gasteiger partial charge in [-0.1, -0.05) is 90.7 Å². The van der Waals surface area contributed by atoms with E-state index in [4.69, 9.17) is 9.47 Å². The number of aryl methyl sites for hydroxylation is 1. The SMILES string of the molecule is CCCCCCCCCCCCc1cccc(OC(=O)CCC)c1OC(=O)CCC. The molecule has 1 aromatic rings. The third-order valence-corrected chi connectivity index (χ3v) is 5.21. The van der Waals surface area contributed by atoms with Crippen molar-refractivity contribution in [1.82, 2.24) is 0 Å². The van der Waals surface area contributed by atoms with Crippen LogP contribution in [0.5, 0.6) is 11.5 Å². The molecule has 0 aliphatic carbocycles. The van der Waals surface area contributed by atoms with Crippen LogP contribution >= 0.6 is 0 Å². The number of benzene rings is 1. The van der Waals surface area contributed by atoms with Crippen LogP contribution in [0.25, 0.3) is 0 Å². The van der Waals surface area contributed by atoms with Crippen LogP contribution in [0.15, 0.2) is 18.2 Å². The second kappa shape index (κ2) is 16.9.